The van der Waals surface area contributed by atoms with Gasteiger partial charge in [0.25, 0.3) is 5.91 Å². The summed E-state index contributed by atoms with van der Waals surface area (Å²) in [6.45, 7) is 0. The molecule has 0 atom stereocenters. The molecule has 98 valence electrons. The molecule has 1 aliphatic carbocycles. The molecule has 2 aromatic rings. The third kappa shape index (κ3) is 2.22. The van der Waals surface area contributed by atoms with E-state index in [-0.39, 0.29) is 17.4 Å². The van der Waals surface area contributed by atoms with Crippen LogP contribution in [0.5, 0.6) is 0 Å². The van der Waals surface area contributed by atoms with Crippen LogP contribution >= 0.6 is 0 Å². The molecule has 0 aliphatic heterocycles. The normalized spacial score (nSPS) is 14.3. The zero-order chi connectivity index (χ0) is 13.4. The van der Waals surface area contributed by atoms with Crippen molar-refractivity contribution in [3.63, 3.8) is 0 Å². The van der Waals surface area contributed by atoms with Gasteiger partial charge in [-0.15, -0.1) is 0 Å². The molecule has 0 bridgehead atoms. The van der Waals surface area contributed by atoms with E-state index in [4.69, 9.17) is 5.11 Å². The summed E-state index contributed by atoms with van der Waals surface area (Å²) in [7, 11) is 0. The highest BCUT2D eigenvalue weighted by Gasteiger charge is 2.26. The number of rotatable bonds is 4. The van der Waals surface area contributed by atoms with Gasteiger partial charge in [0.1, 0.15) is 11.4 Å². The van der Waals surface area contributed by atoms with Gasteiger partial charge in [-0.05, 0) is 25.0 Å². The fraction of sp³-hybridized carbons (Fsp3) is 0.250. The van der Waals surface area contributed by atoms with Crippen LogP contribution in [0.15, 0.2) is 24.4 Å². The molecular formula is C12H12N4O3. The maximum atomic E-state index is 12.1. The minimum Gasteiger partial charge on any atom is -0.477 e. The zero-order valence-electron chi connectivity index (χ0n) is 9.96. The molecular weight excluding hydrogens is 248 g/mol. The molecule has 1 fully saturated rings. The van der Waals surface area contributed by atoms with Gasteiger partial charge < -0.3 is 15.0 Å². The first-order valence-electron chi connectivity index (χ1n) is 5.92. The summed E-state index contributed by atoms with van der Waals surface area (Å²) in [5.41, 5.74) is 0.496. The van der Waals surface area contributed by atoms with Gasteiger partial charge in [0.2, 0.25) is 0 Å². The number of amides is 1. The Morgan fingerprint density at radius 3 is 2.89 bits per heavy atom. The Hall–Kier alpha value is -2.57. The van der Waals surface area contributed by atoms with Crippen molar-refractivity contribution >= 4 is 17.7 Å². The van der Waals surface area contributed by atoms with Crippen LogP contribution < -0.4 is 5.32 Å². The summed E-state index contributed by atoms with van der Waals surface area (Å²) >= 11 is 0. The van der Waals surface area contributed by atoms with E-state index >= 15 is 0 Å². The number of carboxylic acid groups (broad SMARTS) is 1. The largest absolute Gasteiger partial charge is 0.477 e. The fourth-order valence-corrected chi connectivity index (χ4v) is 1.93. The number of carbonyl (C=O) groups is 2. The highest BCUT2D eigenvalue weighted by molar-refractivity contribution is 6.03. The van der Waals surface area contributed by atoms with E-state index in [0.717, 1.165) is 12.8 Å². The van der Waals surface area contributed by atoms with Crippen LogP contribution in [-0.2, 0) is 0 Å². The second-order valence-electron chi connectivity index (χ2n) is 4.46. The Kier molecular flexibility index (Phi) is 2.59. The molecule has 0 saturated heterocycles. The number of anilines is 1. The van der Waals surface area contributed by atoms with Gasteiger partial charge in [0.05, 0.1) is 0 Å². The lowest BCUT2D eigenvalue weighted by atomic mass is 10.3. The SMILES string of the molecule is O=C(O)c1cc(NC(=O)c2cccn2C2CC2)n[nH]1. The van der Waals surface area contributed by atoms with E-state index in [1.807, 2.05) is 16.8 Å². The van der Waals surface area contributed by atoms with Crippen molar-refractivity contribution in [2.24, 2.45) is 0 Å². The molecule has 0 unspecified atom stereocenters. The van der Waals surface area contributed by atoms with E-state index in [0.29, 0.717) is 11.7 Å². The van der Waals surface area contributed by atoms with E-state index in [1.54, 1.807) is 6.07 Å². The van der Waals surface area contributed by atoms with Crippen LogP contribution in [-0.4, -0.2) is 31.7 Å². The number of aromatic amines is 1. The van der Waals surface area contributed by atoms with Gasteiger partial charge in [-0.3, -0.25) is 9.89 Å². The zero-order valence-corrected chi connectivity index (χ0v) is 9.96. The number of nitrogens with one attached hydrogen (secondary N) is 2. The molecule has 3 N–H and O–H groups in total. The molecule has 2 heterocycles. The van der Waals surface area contributed by atoms with Crippen LogP contribution in [0.4, 0.5) is 5.82 Å². The molecule has 19 heavy (non-hydrogen) atoms. The third-order valence-electron chi connectivity index (χ3n) is 3.00. The number of nitrogens with zero attached hydrogens (tertiary/aromatic N) is 2. The maximum absolute atomic E-state index is 12.1. The fourth-order valence-electron chi connectivity index (χ4n) is 1.93. The van der Waals surface area contributed by atoms with E-state index in [9.17, 15) is 9.59 Å². The summed E-state index contributed by atoms with van der Waals surface area (Å²) in [5, 5.41) is 17.4. The second kappa shape index (κ2) is 4.27. The van der Waals surface area contributed by atoms with Gasteiger partial charge in [-0.1, -0.05) is 0 Å². The van der Waals surface area contributed by atoms with Crippen molar-refractivity contribution in [2.45, 2.75) is 18.9 Å². The molecule has 2 aromatic heterocycles. The summed E-state index contributed by atoms with van der Waals surface area (Å²) in [6, 6.07) is 5.24. The summed E-state index contributed by atoms with van der Waals surface area (Å²) in [4.78, 5) is 22.8. The quantitative estimate of drug-likeness (QED) is 0.775. The molecule has 1 aliphatic rings. The Morgan fingerprint density at radius 1 is 1.47 bits per heavy atom. The lowest BCUT2D eigenvalue weighted by Crippen LogP contribution is -2.16. The van der Waals surface area contributed by atoms with Crippen molar-refractivity contribution < 1.29 is 14.7 Å². The first-order chi connectivity index (χ1) is 9.15. The van der Waals surface area contributed by atoms with E-state index < -0.39 is 5.97 Å². The van der Waals surface area contributed by atoms with Crippen molar-refractivity contribution in [1.82, 2.24) is 14.8 Å². The number of carboxylic acids is 1. The molecule has 1 saturated carbocycles. The lowest BCUT2D eigenvalue weighted by molar-refractivity contribution is 0.0690. The number of carbonyl (C=O) groups excluding carboxylic acids is 1. The minimum atomic E-state index is -1.12. The Bertz CT molecular complexity index is 639. The number of aromatic nitrogens is 3. The Morgan fingerprint density at radius 2 is 2.26 bits per heavy atom. The predicted octanol–water partition coefficient (Wildman–Crippen LogP) is 1.50. The number of aromatic carboxylic acids is 1. The monoisotopic (exact) mass is 260 g/mol. The topological polar surface area (TPSA) is 100 Å². The van der Waals surface area contributed by atoms with Crippen LogP contribution in [0.2, 0.25) is 0 Å². The van der Waals surface area contributed by atoms with Gasteiger partial charge in [-0.25, -0.2) is 4.79 Å². The highest BCUT2D eigenvalue weighted by atomic mass is 16.4. The first kappa shape index (κ1) is 11.5. The standard InChI is InChI=1S/C12H12N4O3/c17-11(9-2-1-5-16(9)7-3-4-7)13-10-6-8(12(18)19)14-15-10/h1-2,5-7H,3-4H2,(H,18,19)(H2,13,14,15,17). The number of H-pyrrole nitrogens is 1. The summed E-state index contributed by atoms with van der Waals surface area (Å²) in [6.07, 6.45) is 4.04. The van der Waals surface area contributed by atoms with Crippen LogP contribution in [0.1, 0.15) is 39.9 Å². The van der Waals surface area contributed by atoms with Crippen LogP contribution in [0.25, 0.3) is 0 Å². The predicted molar refractivity (Wildman–Crippen MR) is 66.2 cm³/mol. The van der Waals surface area contributed by atoms with Crippen LogP contribution in [0.3, 0.4) is 0 Å². The molecule has 7 nitrogen and oxygen atoms in total. The molecule has 7 heteroatoms. The Balaban J connectivity index is 1.76. The second-order valence-corrected chi connectivity index (χ2v) is 4.46. The van der Waals surface area contributed by atoms with E-state index in [2.05, 4.69) is 15.5 Å². The van der Waals surface area contributed by atoms with Crippen molar-refractivity contribution in [2.75, 3.05) is 5.32 Å². The first-order valence-corrected chi connectivity index (χ1v) is 5.92. The molecule has 1 amide bonds. The summed E-state index contributed by atoms with van der Waals surface area (Å²) < 4.78 is 1.93. The van der Waals surface area contributed by atoms with Gasteiger partial charge >= 0.3 is 5.97 Å². The maximum Gasteiger partial charge on any atom is 0.353 e. The van der Waals surface area contributed by atoms with Crippen molar-refractivity contribution in [3.8, 4) is 0 Å². The average molecular weight is 260 g/mol. The number of hydrogen-bond donors (Lipinski definition) is 3. The lowest BCUT2D eigenvalue weighted by Gasteiger charge is -2.06. The van der Waals surface area contributed by atoms with Crippen LogP contribution in [0, 0.1) is 0 Å². The van der Waals surface area contributed by atoms with Gasteiger partial charge in [-0.2, -0.15) is 5.10 Å². The van der Waals surface area contributed by atoms with Gasteiger partial charge in [0, 0.05) is 18.3 Å². The molecule has 3 rings (SSSR count). The van der Waals surface area contributed by atoms with E-state index in [1.165, 1.54) is 6.07 Å². The minimum absolute atomic E-state index is 0.0622. The smallest absolute Gasteiger partial charge is 0.353 e. The van der Waals surface area contributed by atoms with Gasteiger partial charge in [0.15, 0.2) is 5.82 Å². The Labute approximate surface area is 108 Å². The average Bonchev–Trinajstić information content (AvgIpc) is 2.92. The highest BCUT2D eigenvalue weighted by Crippen LogP contribution is 2.36. The third-order valence-corrected chi connectivity index (χ3v) is 3.00. The summed E-state index contributed by atoms with van der Waals surface area (Å²) in [5.74, 6) is -1.21. The molecule has 0 aromatic carbocycles. The number of hydrogen-bond acceptors (Lipinski definition) is 3. The van der Waals surface area contributed by atoms with Crippen molar-refractivity contribution in [3.05, 3.63) is 35.8 Å². The molecule has 0 spiro atoms. The molecule has 0 radical (unpaired) electrons. The van der Waals surface area contributed by atoms with Crippen molar-refractivity contribution in [1.29, 1.82) is 0 Å².